The van der Waals surface area contributed by atoms with Gasteiger partial charge in [-0.15, -0.1) is 13.2 Å². The summed E-state index contributed by atoms with van der Waals surface area (Å²) in [6, 6.07) is 6.12. The Kier molecular flexibility index (Phi) is 5.69. The molecule has 1 heterocycles. The molecular formula is C16H22F3NO2. The first-order valence-electron chi connectivity index (χ1n) is 7.58. The fourth-order valence-corrected chi connectivity index (χ4v) is 2.87. The van der Waals surface area contributed by atoms with Gasteiger partial charge in [-0.1, -0.05) is 12.1 Å². The number of hydrogen-bond donors (Lipinski definition) is 1. The summed E-state index contributed by atoms with van der Waals surface area (Å²) in [5.74, 6) is 0.110. The van der Waals surface area contributed by atoms with E-state index in [1.165, 1.54) is 12.1 Å². The number of rotatable bonds is 5. The summed E-state index contributed by atoms with van der Waals surface area (Å²) in [6.07, 6.45) is -2.22. The number of aliphatic hydroxyl groups is 1. The van der Waals surface area contributed by atoms with Crippen LogP contribution < -0.4 is 4.74 Å². The largest absolute Gasteiger partial charge is 0.573 e. The van der Waals surface area contributed by atoms with Gasteiger partial charge in [-0.2, -0.15) is 0 Å². The Morgan fingerprint density at radius 3 is 2.86 bits per heavy atom. The highest BCUT2D eigenvalue weighted by Crippen LogP contribution is 2.24. The van der Waals surface area contributed by atoms with Crippen LogP contribution in [0.2, 0.25) is 0 Å². The van der Waals surface area contributed by atoms with Crippen LogP contribution in [0.4, 0.5) is 13.2 Å². The van der Waals surface area contributed by atoms with Crippen LogP contribution in [0.25, 0.3) is 0 Å². The van der Waals surface area contributed by atoms with Crippen molar-refractivity contribution in [1.29, 1.82) is 0 Å². The van der Waals surface area contributed by atoms with E-state index in [2.05, 4.69) is 9.64 Å². The van der Waals surface area contributed by atoms with Crippen LogP contribution in [-0.2, 0) is 6.42 Å². The third kappa shape index (κ3) is 5.50. The highest BCUT2D eigenvalue weighted by atomic mass is 19.4. The van der Waals surface area contributed by atoms with Crippen molar-refractivity contribution in [3.05, 3.63) is 29.8 Å². The van der Waals surface area contributed by atoms with E-state index in [-0.39, 0.29) is 17.8 Å². The number of aliphatic hydroxyl groups excluding tert-OH is 1. The molecule has 2 atom stereocenters. The van der Waals surface area contributed by atoms with Gasteiger partial charge in [-0.25, -0.2) is 0 Å². The summed E-state index contributed by atoms with van der Waals surface area (Å²) in [5.41, 5.74) is 0.820. The van der Waals surface area contributed by atoms with E-state index in [0.29, 0.717) is 6.42 Å². The van der Waals surface area contributed by atoms with E-state index in [0.717, 1.165) is 38.0 Å². The van der Waals surface area contributed by atoms with Crippen LogP contribution >= 0.6 is 0 Å². The maximum absolute atomic E-state index is 12.2. The molecule has 124 valence electrons. The summed E-state index contributed by atoms with van der Waals surface area (Å²) in [7, 11) is 0. The van der Waals surface area contributed by atoms with Crippen molar-refractivity contribution >= 4 is 0 Å². The van der Waals surface area contributed by atoms with Gasteiger partial charge >= 0.3 is 6.36 Å². The van der Waals surface area contributed by atoms with Gasteiger partial charge in [0.05, 0.1) is 6.10 Å². The van der Waals surface area contributed by atoms with Crippen molar-refractivity contribution in [2.45, 2.75) is 38.7 Å². The molecule has 1 aliphatic heterocycles. The molecule has 0 aliphatic carbocycles. The molecule has 2 unspecified atom stereocenters. The second-order valence-corrected chi connectivity index (χ2v) is 5.89. The molecule has 3 nitrogen and oxygen atoms in total. The lowest BCUT2D eigenvalue weighted by atomic mass is 9.93. The van der Waals surface area contributed by atoms with Gasteiger partial charge in [-0.3, -0.25) is 0 Å². The van der Waals surface area contributed by atoms with Crippen LogP contribution in [0.15, 0.2) is 24.3 Å². The molecule has 1 aliphatic rings. The first kappa shape index (κ1) is 17.1. The molecule has 1 saturated heterocycles. The van der Waals surface area contributed by atoms with Crippen molar-refractivity contribution in [3.8, 4) is 5.75 Å². The normalized spacial score (nSPS) is 21.6. The average molecular weight is 317 g/mol. The SMILES string of the molecule is CC(O)C1CCCN(CCc2cccc(OC(F)(F)F)c2)C1. The lowest BCUT2D eigenvalue weighted by molar-refractivity contribution is -0.274. The molecule has 0 radical (unpaired) electrons. The van der Waals surface area contributed by atoms with E-state index < -0.39 is 6.36 Å². The van der Waals surface area contributed by atoms with Gasteiger partial charge in [0.25, 0.3) is 0 Å². The highest BCUT2D eigenvalue weighted by Gasteiger charge is 2.31. The third-order valence-electron chi connectivity index (χ3n) is 4.07. The molecule has 6 heteroatoms. The van der Waals surface area contributed by atoms with E-state index in [4.69, 9.17) is 0 Å². The molecule has 1 N–H and O–H groups in total. The number of halogens is 3. The average Bonchev–Trinajstić information content (AvgIpc) is 2.44. The van der Waals surface area contributed by atoms with Gasteiger partial charge in [0.15, 0.2) is 0 Å². The first-order chi connectivity index (χ1) is 10.3. The molecule has 0 spiro atoms. The molecular weight excluding hydrogens is 295 g/mol. The summed E-state index contributed by atoms with van der Waals surface area (Å²) >= 11 is 0. The molecule has 1 aromatic carbocycles. The van der Waals surface area contributed by atoms with Gasteiger partial charge in [0.2, 0.25) is 0 Å². The standard InChI is InChI=1S/C16H22F3NO2/c1-12(21)14-5-3-8-20(11-14)9-7-13-4-2-6-15(10-13)22-16(17,18)19/h2,4,6,10,12,14,21H,3,5,7-9,11H2,1H3. The maximum Gasteiger partial charge on any atom is 0.573 e. The minimum Gasteiger partial charge on any atom is -0.406 e. The number of benzene rings is 1. The minimum atomic E-state index is -4.66. The lowest BCUT2D eigenvalue weighted by Crippen LogP contribution is -2.40. The molecule has 0 saturated carbocycles. The Balaban J connectivity index is 1.87. The number of alkyl halides is 3. The maximum atomic E-state index is 12.2. The van der Waals surface area contributed by atoms with Crippen LogP contribution in [0.1, 0.15) is 25.3 Å². The Labute approximate surface area is 128 Å². The number of hydrogen-bond acceptors (Lipinski definition) is 3. The zero-order valence-electron chi connectivity index (χ0n) is 12.6. The molecule has 2 rings (SSSR count). The fraction of sp³-hybridized carbons (Fsp3) is 0.625. The van der Waals surface area contributed by atoms with Crippen molar-refractivity contribution in [3.63, 3.8) is 0 Å². The smallest absolute Gasteiger partial charge is 0.406 e. The zero-order chi connectivity index (χ0) is 16.2. The van der Waals surface area contributed by atoms with Gasteiger partial charge in [-0.05, 0) is 56.3 Å². The second-order valence-electron chi connectivity index (χ2n) is 5.89. The minimum absolute atomic E-state index is 0.175. The number of ether oxygens (including phenoxy) is 1. The Morgan fingerprint density at radius 2 is 2.18 bits per heavy atom. The van der Waals surface area contributed by atoms with E-state index >= 15 is 0 Å². The van der Waals surface area contributed by atoms with Crippen molar-refractivity contribution in [1.82, 2.24) is 4.90 Å². The second kappa shape index (κ2) is 7.33. The number of likely N-dealkylation sites (tertiary alicyclic amines) is 1. The Morgan fingerprint density at radius 1 is 1.41 bits per heavy atom. The fourth-order valence-electron chi connectivity index (χ4n) is 2.87. The Bertz CT molecular complexity index is 477. The van der Waals surface area contributed by atoms with E-state index in [1.54, 1.807) is 12.1 Å². The molecule has 0 aromatic heterocycles. The highest BCUT2D eigenvalue weighted by molar-refractivity contribution is 5.28. The van der Waals surface area contributed by atoms with Crippen LogP contribution in [0.3, 0.4) is 0 Å². The van der Waals surface area contributed by atoms with Gasteiger partial charge in [0, 0.05) is 13.1 Å². The molecule has 1 fully saturated rings. The quantitative estimate of drug-likeness (QED) is 0.905. The topological polar surface area (TPSA) is 32.7 Å². The molecule has 0 bridgehead atoms. The predicted octanol–water partition coefficient (Wildman–Crippen LogP) is 3.22. The number of nitrogens with zero attached hydrogens (tertiary/aromatic N) is 1. The van der Waals surface area contributed by atoms with Crippen molar-refractivity contribution in [2.24, 2.45) is 5.92 Å². The summed E-state index contributed by atoms with van der Waals surface area (Å²) in [4.78, 5) is 2.26. The number of piperidine rings is 1. The first-order valence-corrected chi connectivity index (χ1v) is 7.58. The monoisotopic (exact) mass is 317 g/mol. The van der Waals surface area contributed by atoms with Crippen molar-refractivity contribution in [2.75, 3.05) is 19.6 Å². The van der Waals surface area contributed by atoms with E-state index in [9.17, 15) is 18.3 Å². The van der Waals surface area contributed by atoms with Gasteiger partial charge < -0.3 is 14.7 Å². The molecule has 1 aromatic rings. The Hall–Kier alpha value is -1.27. The summed E-state index contributed by atoms with van der Waals surface area (Å²) in [6.45, 7) is 4.41. The summed E-state index contributed by atoms with van der Waals surface area (Å²) < 4.78 is 40.6. The zero-order valence-corrected chi connectivity index (χ0v) is 12.6. The molecule has 22 heavy (non-hydrogen) atoms. The lowest BCUT2D eigenvalue weighted by Gasteiger charge is -2.34. The predicted molar refractivity (Wildman–Crippen MR) is 77.7 cm³/mol. The van der Waals surface area contributed by atoms with Crippen LogP contribution in [0.5, 0.6) is 5.75 Å². The van der Waals surface area contributed by atoms with Crippen LogP contribution in [-0.4, -0.2) is 42.1 Å². The van der Waals surface area contributed by atoms with E-state index in [1.807, 2.05) is 6.92 Å². The van der Waals surface area contributed by atoms with Crippen molar-refractivity contribution < 1.29 is 23.0 Å². The van der Waals surface area contributed by atoms with Crippen LogP contribution in [0, 0.1) is 5.92 Å². The van der Waals surface area contributed by atoms with Gasteiger partial charge in [0.1, 0.15) is 5.75 Å². The summed E-state index contributed by atoms with van der Waals surface area (Å²) in [5, 5.41) is 9.67. The molecule has 0 amide bonds. The third-order valence-corrected chi connectivity index (χ3v) is 4.07.